The van der Waals surface area contributed by atoms with Crippen molar-refractivity contribution in [2.45, 2.75) is 32.4 Å². The molecule has 4 nitrogen and oxygen atoms in total. The lowest BCUT2D eigenvalue weighted by atomic mass is 9.94. The summed E-state index contributed by atoms with van der Waals surface area (Å²) in [6.45, 7) is 3.73. The van der Waals surface area contributed by atoms with Crippen LogP contribution >= 0.6 is 15.9 Å². The highest BCUT2D eigenvalue weighted by Crippen LogP contribution is 2.13. The number of benzene rings is 1. The number of alkyl carbamates (subject to hydrolysis) is 1. The number of ketones is 1. The fraction of sp³-hybridized carbons (Fsp3) is 0.429. The summed E-state index contributed by atoms with van der Waals surface area (Å²) in [5, 5.41) is 2.83. The molecule has 0 heterocycles. The van der Waals surface area contributed by atoms with E-state index in [2.05, 4.69) is 21.2 Å². The van der Waals surface area contributed by atoms with E-state index in [0.29, 0.717) is 6.42 Å². The lowest BCUT2D eigenvalue weighted by Crippen LogP contribution is -2.52. The zero-order valence-electron chi connectivity index (χ0n) is 11.1. The Morgan fingerprint density at radius 2 is 1.95 bits per heavy atom. The summed E-state index contributed by atoms with van der Waals surface area (Å²) in [4.78, 5) is 23.5. The Hall–Kier alpha value is -1.36. The van der Waals surface area contributed by atoms with E-state index in [1.165, 1.54) is 0 Å². The Kier molecular flexibility index (Phi) is 6.02. The van der Waals surface area contributed by atoms with E-state index in [9.17, 15) is 9.59 Å². The van der Waals surface area contributed by atoms with Crippen LogP contribution in [0.15, 0.2) is 30.3 Å². The second-order valence-electron chi connectivity index (χ2n) is 4.43. The van der Waals surface area contributed by atoms with Gasteiger partial charge in [0.15, 0.2) is 5.78 Å². The van der Waals surface area contributed by atoms with Crippen molar-refractivity contribution in [2.75, 3.05) is 5.33 Å². The van der Waals surface area contributed by atoms with Gasteiger partial charge in [-0.15, -0.1) is 0 Å². The van der Waals surface area contributed by atoms with Crippen molar-refractivity contribution in [3.63, 3.8) is 0 Å². The molecule has 0 bridgehead atoms. The predicted molar refractivity (Wildman–Crippen MR) is 77.3 cm³/mol. The van der Waals surface area contributed by atoms with Crippen LogP contribution in [-0.4, -0.2) is 22.7 Å². The lowest BCUT2D eigenvalue weighted by molar-refractivity contribution is -0.122. The van der Waals surface area contributed by atoms with Crippen LogP contribution in [-0.2, 0) is 16.1 Å². The summed E-state index contributed by atoms with van der Waals surface area (Å²) in [6.07, 6.45) is -0.0692. The van der Waals surface area contributed by atoms with Crippen molar-refractivity contribution in [1.29, 1.82) is 0 Å². The highest BCUT2D eigenvalue weighted by Gasteiger charge is 2.32. The number of hydrogen-bond acceptors (Lipinski definition) is 3. The number of halogens is 1. The molecular weight excluding hydrogens is 310 g/mol. The van der Waals surface area contributed by atoms with Crippen molar-refractivity contribution < 1.29 is 14.3 Å². The largest absolute Gasteiger partial charge is 0.445 e. The first-order valence-electron chi connectivity index (χ1n) is 6.10. The second-order valence-corrected chi connectivity index (χ2v) is 4.99. The zero-order chi connectivity index (χ0) is 14.3. The molecule has 0 aliphatic carbocycles. The first-order chi connectivity index (χ1) is 9.01. The third-order valence-electron chi connectivity index (χ3n) is 3.03. The molecule has 0 radical (unpaired) electrons. The highest BCUT2D eigenvalue weighted by molar-refractivity contribution is 9.09. The summed E-state index contributed by atoms with van der Waals surface area (Å²) >= 11 is 3.12. The van der Waals surface area contributed by atoms with E-state index in [4.69, 9.17) is 4.74 Å². The molecule has 19 heavy (non-hydrogen) atoms. The number of rotatable bonds is 6. The van der Waals surface area contributed by atoms with Gasteiger partial charge < -0.3 is 10.1 Å². The van der Waals surface area contributed by atoms with E-state index in [1.807, 2.05) is 37.3 Å². The van der Waals surface area contributed by atoms with Crippen LogP contribution in [0.2, 0.25) is 0 Å². The molecule has 0 saturated carbocycles. The molecule has 1 atom stereocenters. The number of Topliss-reactive ketones (excluding diaryl/α,β-unsaturated/α-hetero) is 1. The molecule has 1 N–H and O–H groups in total. The number of carbonyl (C=O) groups excluding carboxylic acids is 2. The van der Waals surface area contributed by atoms with Crippen LogP contribution in [0.5, 0.6) is 0 Å². The molecule has 0 aliphatic heterocycles. The standard InChI is InChI=1S/C14H18BrNO3/c1-3-14(2,12(17)9-15)16-13(18)19-10-11-7-5-4-6-8-11/h4-8H,3,9-10H2,1-2H3,(H,16,18). The zero-order valence-corrected chi connectivity index (χ0v) is 12.7. The van der Waals surface area contributed by atoms with Gasteiger partial charge in [-0.05, 0) is 18.9 Å². The van der Waals surface area contributed by atoms with Crippen molar-refractivity contribution in [3.05, 3.63) is 35.9 Å². The molecule has 104 valence electrons. The Morgan fingerprint density at radius 1 is 1.32 bits per heavy atom. The van der Waals surface area contributed by atoms with E-state index in [0.717, 1.165) is 5.56 Å². The SMILES string of the molecule is CCC(C)(NC(=O)OCc1ccccc1)C(=O)CBr. The average molecular weight is 328 g/mol. The number of nitrogens with one attached hydrogen (secondary N) is 1. The van der Waals surface area contributed by atoms with Crippen LogP contribution in [0, 0.1) is 0 Å². The quantitative estimate of drug-likeness (QED) is 0.817. The Morgan fingerprint density at radius 3 is 2.47 bits per heavy atom. The maximum Gasteiger partial charge on any atom is 0.408 e. The maximum absolute atomic E-state index is 11.8. The minimum absolute atomic E-state index is 0.0772. The summed E-state index contributed by atoms with van der Waals surface area (Å²) in [5.74, 6) is -0.0772. The number of ether oxygens (including phenoxy) is 1. The molecule has 0 fully saturated rings. The Balaban J connectivity index is 2.52. The van der Waals surface area contributed by atoms with E-state index in [-0.39, 0.29) is 17.7 Å². The van der Waals surface area contributed by atoms with Gasteiger partial charge in [0, 0.05) is 0 Å². The topological polar surface area (TPSA) is 55.4 Å². The molecule has 1 aromatic rings. The molecule has 0 aliphatic rings. The van der Waals surface area contributed by atoms with Crippen molar-refractivity contribution in [3.8, 4) is 0 Å². The normalized spacial score (nSPS) is 13.4. The van der Waals surface area contributed by atoms with Crippen LogP contribution < -0.4 is 5.32 Å². The first kappa shape index (κ1) is 15.7. The Bertz CT molecular complexity index is 436. The van der Waals surface area contributed by atoms with E-state index in [1.54, 1.807) is 6.92 Å². The predicted octanol–water partition coefficient (Wildman–Crippen LogP) is 3.05. The molecule has 5 heteroatoms. The number of amides is 1. The summed E-state index contributed by atoms with van der Waals surface area (Å²) in [5.41, 5.74) is 0.0137. The van der Waals surface area contributed by atoms with Crippen LogP contribution in [0.25, 0.3) is 0 Å². The third-order valence-corrected chi connectivity index (χ3v) is 3.54. The lowest BCUT2D eigenvalue weighted by Gasteiger charge is -2.26. The molecule has 1 aromatic carbocycles. The second kappa shape index (κ2) is 7.28. The first-order valence-corrected chi connectivity index (χ1v) is 7.22. The van der Waals surface area contributed by atoms with Crippen LogP contribution in [0.4, 0.5) is 4.79 Å². The van der Waals surface area contributed by atoms with Gasteiger partial charge >= 0.3 is 6.09 Å². The monoisotopic (exact) mass is 327 g/mol. The maximum atomic E-state index is 11.8. The fourth-order valence-electron chi connectivity index (χ4n) is 1.49. The summed E-state index contributed by atoms with van der Waals surface area (Å²) < 4.78 is 5.10. The Labute approximate surface area is 121 Å². The van der Waals surface area contributed by atoms with Gasteiger partial charge in [-0.2, -0.15) is 0 Å². The number of alkyl halides is 1. The molecule has 0 spiro atoms. The molecule has 0 aromatic heterocycles. The van der Waals surface area contributed by atoms with Gasteiger partial charge in [-0.1, -0.05) is 53.2 Å². The van der Waals surface area contributed by atoms with E-state index < -0.39 is 11.6 Å². The molecular formula is C14H18BrNO3. The molecule has 1 rings (SSSR count). The average Bonchev–Trinajstić information content (AvgIpc) is 2.45. The van der Waals surface area contributed by atoms with Crippen molar-refractivity contribution >= 4 is 27.8 Å². The fourth-order valence-corrected chi connectivity index (χ4v) is 2.11. The van der Waals surface area contributed by atoms with Gasteiger partial charge in [-0.3, -0.25) is 4.79 Å². The van der Waals surface area contributed by atoms with Crippen molar-refractivity contribution in [2.24, 2.45) is 0 Å². The third kappa shape index (κ3) is 4.67. The smallest absolute Gasteiger partial charge is 0.408 e. The van der Waals surface area contributed by atoms with Gasteiger partial charge in [0.2, 0.25) is 0 Å². The van der Waals surface area contributed by atoms with Gasteiger partial charge in [-0.25, -0.2) is 4.79 Å². The summed E-state index contributed by atoms with van der Waals surface area (Å²) in [7, 11) is 0. The molecule has 0 saturated heterocycles. The number of hydrogen-bond donors (Lipinski definition) is 1. The van der Waals surface area contributed by atoms with Gasteiger partial charge in [0.25, 0.3) is 0 Å². The van der Waals surface area contributed by atoms with Gasteiger partial charge in [0.1, 0.15) is 6.61 Å². The van der Waals surface area contributed by atoms with E-state index >= 15 is 0 Å². The van der Waals surface area contributed by atoms with Crippen LogP contribution in [0.3, 0.4) is 0 Å². The van der Waals surface area contributed by atoms with Gasteiger partial charge in [0.05, 0.1) is 10.9 Å². The minimum Gasteiger partial charge on any atom is -0.445 e. The minimum atomic E-state index is -0.892. The number of carbonyl (C=O) groups is 2. The molecule has 1 amide bonds. The van der Waals surface area contributed by atoms with Crippen LogP contribution in [0.1, 0.15) is 25.8 Å². The molecule has 1 unspecified atom stereocenters. The summed E-state index contributed by atoms with van der Waals surface area (Å²) in [6, 6.07) is 9.39. The highest BCUT2D eigenvalue weighted by atomic mass is 79.9. The van der Waals surface area contributed by atoms with Crippen molar-refractivity contribution in [1.82, 2.24) is 5.32 Å².